The van der Waals surface area contributed by atoms with Crippen LogP contribution in [0.5, 0.6) is 0 Å². The van der Waals surface area contributed by atoms with Gasteiger partial charge in [-0.2, -0.15) is 0 Å². The van der Waals surface area contributed by atoms with E-state index in [4.69, 9.17) is 0 Å². The molecule has 3 heterocycles. The van der Waals surface area contributed by atoms with Crippen molar-refractivity contribution >= 4 is 27.8 Å². The Bertz CT molecular complexity index is 754. The van der Waals surface area contributed by atoms with E-state index in [9.17, 15) is 4.79 Å². The molecule has 0 aliphatic carbocycles. The van der Waals surface area contributed by atoms with Crippen LogP contribution < -0.4 is 5.56 Å². The number of nitrogens with zero attached hydrogens (tertiary/aromatic N) is 3. The minimum absolute atomic E-state index is 0.0666. The summed E-state index contributed by atoms with van der Waals surface area (Å²) in [7, 11) is 0. The summed E-state index contributed by atoms with van der Waals surface area (Å²) in [5.41, 5.74) is 2.25. The fraction of sp³-hybridized carbons (Fsp3) is 0.429. The van der Waals surface area contributed by atoms with Crippen molar-refractivity contribution in [1.29, 1.82) is 0 Å². The zero-order valence-corrected chi connectivity index (χ0v) is 12.5. The van der Waals surface area contributed by atoms with Gasteiger partial charge >= 0.3 is 0 Å². The Morgan fingerprint density at radius 3 is 2.79 bits per heavy atom. The highest BCUT2D eigenvalue weighted by Crippen LogP contribution is 2.27. The molecule has 3 rings (SSSR count). The summed E-state index contributed by atoms with van der Waals surface area (Å²) in [6.45, 7) is 9.84. The molecule has 0 atom stereocenters. The van der Waals surface area contributed by atoms with Crippen LogP contribution in [0.15, 0.2) is 10.5 Å². The third kappa shape index (κ3) is 1.72. The van der Waals surface area contributed by atoms with Crippen molar-refractivity contribution < 1.29 is 0 Å². The van der Waals surface area contributed by atoms with E-state index in [1.165, 1.54) is 4.88 Å². The van der Waals surface area contributed by atoms with Gasteiger partial charge in [0.1, 0.15) is 10.7 Å². The first-order valence-corrected chi connectivity index (χ1v) is 7.29. The Morgan fingerprint density at radius 2 is 2.11 bits per heavy atom. The fourth-order valence-corrected chi connectivity index (χ4v) is 3.56. The maximum Gasteiger partial charge on any atom is 0.266 e. The number of aromatic nitrogens is 2. The van der Waals surface area contributed by atoms with Gasteiger partial charge in [0, 0.05) is 23.3 Å². The molecule has 0 radical (unpaired) electrons. The Labute approximate surface area is 116 Å². The summed E-state index contributed by atoms with van der Waals surface area (Å²) in [6, 6.07) is 0. The zero-order valence-electron chi connectivity index (χ0n) is 11.6. The molecular formula is C14H17N3OS. The van der Waals surface area contributed by atoms with Gasteiger partial charge in [0.15, 0.2) is 0 Å². The molecule has 0 bridgehead atoms. The molecule has 0 aromatic carbocycles. The lowest BCUT2D eigenvalue weighted by atomic mass is 10.2. The molecule has 0 spiro atoms. The molecule has 4 nitrogen and oxygen atoms in total. The van der Waals surface area contributed by atoms with Gasteiger partial charge in [-0.15, -0.1) is 11.3 Å². The summed E-state index contributed by atoms with van der Waals surface area (Å²) >= 11 is 1.61. The van der Waals surface area contributed by atoms with Crippen molar-refractivity contribution in [2.45, 2.75) is 34.2 Å². The second-order valence-corrected chi connectivity index (χ2v) is 6.15. The van der Waals surface area contributed by atoms with Crippen molar-refractivity contribution in [3.05, 3.63) is 32.3 Å². The van der Waals surface area contributed by atoms with E-state index in [2.05, 4.69) is 16.8 Å². The van der Waals surface area contributed by atoms with Crippen molar-refractivity contribution in [2.75, 3.05) is 6.54 Å². The van der Waals surface area contributed by atoms with E-state index < -0.39 is 0 Å². The Morgan fingerprint density at radius 1 is 1.37 bits per heavy atom. The summed E-state index contributed by atoms with van der Waals surface area (Å²) in [4.78, 5) is 21.6. The van der Waals surface area contributed by atoms with Gasteiger partial charge in [-0.3, -0.25) is 9.36 Å². The van der Waals surface area contributed by atoms with E-state index in [0.29, 0.717) is 6.54 Å². The molecule has 100 valence electrons. The Kier molecular flexibility index (Phi) is 2.74. The number of hydrogen-bond donors (Lipinski definition) is 0. The lowest BCUT2D eigenvalue weighted by molar-refractivity contribution is 0.334. The van der Waals surface area contributed by atoms with Gasteiger partial charge in [-0.1, -0.05) is 0 Å². The maximum atomic E-state index is 12.6. The number of fused-ring (bicyclic) bond motifs is 2. The summed E-state index contributed by atoms with van der Waals surface area (Å²) in [6.07, 6.45) is 1.91. The smallest absolute Gasteiger partial charge is 0.266 e. The van der Waals surface area contributed by atoms with Crippen LogP contribution in [0.25, 0.3) is 16.4 Å². The number of hydrogen-bond acceptors (Lipinski definition) is 4. The lowest BCUT2D eigenvalue weighted by Crippen LogP contribution is -2.32. The summed E-state index contributed by atoms with van der Waals surface area (Å²) in [5, 5.41) is 0.778. The number of aryl methyl sites for hydroxylation is 2. The molecule has 0 N–H and O–H groups in total. The first-order valence-electron chi connectivity index (χ1n) is 6.47. The Hall–Kier alpha value is -1.62. The Balaban J connectivity index is 2.34. The molecule has 0 amide bonds. The average Bonchev–Trinajstić information content (AvgIpc) is 2.66. The van der Waals surface area contributed by atoms with Crippen LogP contribution in [0.2, 0.25) is 0 Å². The SMILES string of the molecule is CCN1Cc2nc3sc(C)c(C)c3c(=O)n2C=C1C. The highest BCUT2D eigenvalue weighted by molar-refractivity contribution is 7.18. The van der Waals surface area contributed by atoms with Crippen LogP contribution in [0.3, 0.4) is 0 Å². The van der Waals surface area contributed by atoms with Crippen molar-refractivity contribution in [3.63, 3.8) is 0 Å². The maximum absolute atomic E-state index is 12.6. The van der Waals surface area contributed by atoms with Crippen molar-refractivity contribution in [3.8, 4) is 0 Å². The minimum Gasteiger partial charge on any atom is -0.367 e. The van der Waals surface area contributed by atoms with Crippen molar-refractivity contribution in [2.24, 2.45) is 0 Å². The highest BCUT2D eigenvalue weighted by atomic mass is 32.1. The van der Waals surface area contributed by atoms with Crippen LogP contribution in [0, 0.1) is 13.8 Å². The molecule has 2 aromatic rings. The molecule has 5 heteroatoms. The molecule has 1 aliphatic rings. The van der Waals surface area contributed by atoms with Crippen LogP contribution >= 0.6 is 11.3 Å². The third-order valence-corrected chi connectivity index (χ3v) is 4.94. The molecule has 0 saturated heterocycles. The molecule has 0 fully saturated rings. The van der Waals surface area contributed by atoms with Crippen molar-refractivity contribution in [1.82, 2.24) is 14.5 Å². The van der Waals surface area contributed by atoms with Crippen LogP contribution in [-0.4, -0.2) is 21.0 Å². The van der Waals surface area contributed by atoms with Gasteiger partial charge in [-0.05, 0) is 33.3 Å². The molecule has 0 saturated carbocycles. The predicted molar refractivity (Wildman–Crippen MR) is 79.4 cm³/mol. The van der Waals surface area contributed by atoms with Crippen LogP contribution in [0.4, 0.5) is 0 Å². The molecule has 1 aliphatic heterocycles. The second kappa shape index (κ2) is 4.20. The average molecular weight is 275 g/mol. The third-order valence-electron chi connectivity index (χ3n) is 3.84. The van der Waals surface area contributed by atoms with Gasteiger partial charge in [0.05, 0.1) is 11.9 Å². The summed E-state index contributed by atoms with van der Waals surface area (Å²) < 4.78 is 1.71. The number of rotatable bonds is 1. The molecular weight excluding hydrogens is 258 g/mol. The first kappa shape index (κ1) is 12.4. The molecule has 0 unspecified atom stereocenters. The quantitative estimate of drug-likeness (QED) is 0.803. The van der Waals surface area contributed by atoms with E-state index in [-0.39, 0.29) is 5.56 Å². The highest BCUT2D eigenvalue weighted by Gasteiger charge is 2.20. The largest absolute Gasteiger partial charge is 0.367 e. The standard InChI is InChI=1S/C14H17N3OS/c1-5-16-7-11-15-13-12(9(3)10(4)19-13)14(18)17(11)6-8(16)2/h6H,5,7H2,1-4H3. The van der Waals surface area contributed by atoms with Gasteiger partial charge in [0.25, 0.3) is 5.56 Å². The monoisotopic (exact) mass is 275 g/mol. The van der Waals surface area contributed by atoms with E-state index in [0.717, 1.165) is 33.8 Å². The van der Waals surface area contributed by atoms with Gasteiger partial charge in [-0.25, -0.2) is 4.98 Å². The van der Waals surface area contributed by atoms with Crippen LogP contribution in [-0.2, 0) is 6.54 Å². The van der Waals surface area contributed by atoms with Gasteiger partial charge in [0.2, 0.25) is 0 Å². The molecule has 2 aromatic heterocycles. The zero-order chi connectivity index (χ0) is 13.7. The fourth-order valence-electron chi connectivity index (χ4n) is 2.52. The normalized spacial score (nSPS) is 14.7. The number of allylic oxidation sites excluding steroid dienone is 1. The lowest BCUT2D eigenvalue weighted by Gasteiger charge is -2.28. The predicted octanol–water partition coefficient (Wildman–Crippen LogP) is 2.73. The number of thiophene rings is 1. The molecule has 19 heavy (non-hydrogen) atoms. The van der Waals surface area contributed by atoms with E-state index in [1.807, 2.05) is 27.0 Å². The summed E-state index contributed by atoms with van der Waals surface area (Å²) in [5.74, 6) is 0.839. The van der Waals surface area contributed by atoms with Gasteiger partial charge < -0.3 is 4.90 Å². The topological polar surface area (TPSA) is 38.1 Å². The second-order valence-electron chi connectivity index (χ2n) is 4.95. The van der Waals surface area contributed by atoms with E-state index >= 15 is 0 Å². The minimum atomic E-state index is 0.0666. The van der Waals surface area contributed by atoms with Crippen LogP contribution in [0.1, 0.15) is 30.1 Å². The first-order chi connectivity index (χ1) is 9.02. The van der Waals surface area contributed by atoms with E-state index in [1.54, 1.807) is 15.9 Å².